The van der Waals surface area contributed by atoms with Gasteiger partial charge in [0.15, 0.2) is 0 Å². The van der Waals surface area contributed by atoms with E-state index in [-0.39, 0.29) is 0 Å². The predicted octanol–water partition coefficient (Wildman–Crippen LogP) is -0.255. The van der Waals surface area contributed by atoms with Gasteiger partial charge < -0.3 is 9.79 Å². The highest BCUT2D eigenvalue weighted by Crippen LogP contribution is 2.45. The Morgan fingerprint density at radius 2 is 1.88 bits per heavy atom. The molecule has 0 saturated carbocycles. The minimum Gasteiger partial charge on any atom is -0.300 e. The lowest BCUT2D eigenvalue weighted by atomic mass is 15.7. The molecule has 0 aromatic rings. The molecule has 0 spiro atoms. The molecular weight excluding hydrogens is 158 g/mol. The molecule has 0 aliphatic rings. The van der Waals surface area contributed by atoms with Crippen LogP contribution in [0, 0.1) is 0 Å². The van der Waals surface area contributed by atoms with Gasteiger partial charge in [0.05, 0.1) is 0 Å². The van der Waals surface area contributed by atoms with Crippen molar-refractivity contribution in [1.82, 2.24) is 0 Å². The third-order valence-corrected chi connectivity index (χ3v) is 1.59. The van der Waals surface area contributed by atoms with E-state index in [9.17, 15) is 9.13 Å². The molecule has 48 valence electrons. The molecule has 8 heavy (non-hydrogen) atoms. The van der Waals surface area contributed by atoms with Gasteiger partial charge in [-0.05, 0) is 4.31 Å². The van der Waals surface area contributed by atoms with Crippen LogP contribution in [-0.2, 0) is 13.4 Å². The SMILES string of the molecule is O=[P+](O)OP(=O)(O)O. The van der Waals surface area contributed by atoms with Crippen LogP contribution in [0.4, 0.5) is 0 Å². The van der Waals surface area contributed by atoms with Crippen LogP contribution in [0.2, 0.25) is 0 Å². The van der Waals surface area contributed by atoms with Crippen LogP contribution in [-0.4, -0.2) is 14.7 Å². The molecule has 0 fully saturated rings. The zero-order valence-electron chi connectivity index (χ0n) is 3.46. The van der Waals surface area contributed by atoms with Crippen LogP contribution in [0.3, 0.4) is 0 Å². The molecule has 0 aromatic heterocycles. The summed E-state index contributed by atoms with van der Waals surface area (Å²) in [5, 5.41) is 0. The van der Waals surface area contributed by atoms with Crippen molar-refractivity contribution in [2.75, 3.05) is 0 Å². The van der Waals surface area contributed by atoms with Crippen molar-refractivity contribution in [3.8, 4) is 0 Å². The van der Waals surface area contributed by atoms with Gasteiger partial charge in [-0.2, -0.15) is 0 Å². The first kappa shape index (κ1) is 8.17. The Hall–Kier alpha value is 0.170. The van der Waals surface area contributed by atoms with Crippen LogP contribution in [0.5, 0.6) is 0 Å². The Morgan fingerprint density at radius 1 is 1.50 bits per heavy atom. The standard InChI is InChI=1S/H2O6P2/c1-7(2)6-8(3,4)5/h(H2-,1,2,3,4,5)/p+1. The first-order valence-corrected chi connectivity index (χ1v) is 3.99. The molecule has 0 aliphatic carbocycles. The molecular formula is H3O6P2+. The second-order valence-electron chi connectivity index (χ2n) is 0.810. The minimum absolute atomic E-state index is 3.17. The second kappa shape index (κ2) is 2.64. The molecule has 0 heterocycles. The second-order valence-corrected chi connectivity index (χ2v) is 2.92. The monoisotopic (exact) mass is 161 g/mol. The average Bonchev–Trinajstić information content (AvgIpc) is 1.21. The van der Waals surface area contributed by atoms with E-state index in [0.717, 1.165) is 0 Å². The number of hydrogen-bond acceptors (Lipinski definition) is 3. The fourth-order valence-corrected chi connectivity index (χ4v) is 0.819. The summed E-state index contributed by atoms with van der Waals surface area (Å²) < 4.78 is 22.2. The van der Waals surface area contributed by atoms with E-state index in [1.165, 1.54) is 0 Å². The van der Waals surface area contributed by atoms with Crippen LogP contribution < -0.4 is 0 Å². The summed E-state index contributed by atoms with van der Waals surface area (Å²) in [6, 6.07) is 0. The first-order valence-electron chi connectivity index (χ1n) is 1.33. The Labute approximate surface area is 45.3 Å². The highest BCUT2D eigenvalue weighted by molar-refractivity contribution is 7.54. The fourth-order valence-electron chi connectivity index (χ4n) is 0.0910. The summed E-state index contributed by atoms with van der Waals surface area (Å²) in [5.74, 6) is 0. The van der Waals surface area contributed by atoms with Gasteiger partial charge in [0.1, 0.15) is 0 Å². The maximum Gasteiger partial charge on any atom is 0.705 e. The third-order valence-electron chi connectivity index (χ3n) is 0.176. The maximum absolute atomic E-state index is 9.57. The molecule has 3 N–H and O–H groups in total. The van der Waals surface area contributed by atoms with E-state index >= 15 is 0 Å². The largest absolute Gasteiger partial charge is 0.705 e. The summed E-state index contributed by atoms with van der Waals surface area (Å²) in [6.45, 7) is 0. The topological polar surface area (TPSA) is 104 Å². The molecule has 1 unspecified atom stereocenters. The van der Waals surface area contributed by atoms with Crippen LogP contribution in [0.15, 0.2) is 0 Å². The van der Waals surface area contributed by atoms with Crippen molar-refractivity contribution in [3.63, 3.8) is 0 Å². The van der Waals surface area contributed by atoms with Gasteiger partial charge in [0.2, 0.25) is 0 Å². The van der Waals surface area contributed by atoms with Crippen molar-refractivity contribution in [2.45, 2.75) is 0 Å². The molecule has 0 rings (SSSR count). The zero-order chi connectivity index (χ0) is 6.78. The van der Waals surface area contributed by atoms with Gasteiger partial charge in [-0.15, -0.1) is 4.89 Å². The van der Waals surface area contributed by atoms with E-state index in [1.807, 2.05) is 0 Å². The summed E-state index contributed by atoms with van der Waals surface area (Å²) in [5.41, 5.74) is 0. The quantitative estimate of drug-likeness (QED) is 0.482. The predicted molar refractivity (Wildman–Crippen MR) is 23.0 cm³/mol. The molecule has 1 atom stereocenters. The number of rotatable bonds is 2. The van der Waals surface area contributed by atoms with Gasteiger partial charge in [-0.3, -0.25) is 0 Å². The van der Waals surface area contributed by atoms with Crippen molar-refractivity contribution < 1.29 is 28.1 Å². The van der Waals surface area contributed by atoms with E-state index in [2.05, 4.69) is 4.31 Å². The van der Waals surface area contributed by atoms with E-state index < -0.39 is 16.1 Å². The van der Waals surface area contributed by atoms with E-state index in [1.54, 1.807) is 0 Å². The van der Waals surface area contributed by atoms with Crippen molar-refractivity contribution in [1.29, 1.82) is 0 Å². The Kier molecular flexibility index (Phi) is 2.70. The lowest BCUT2D eigenvalue weighted by Gasteiger charge is -1.86. The third kappa shape index (κ3) is 6.17. The summed E-state index contributed by atoms with van der Waals surface area (Å²) in [4.78, 5) is 23.1. The highest BCUT2D eigenvalue weighted by Gasteiger charge is 2.29. The van der Waals surface area contributed by atoms with Gasteiger partial charge in [-0.1, -0.05) is 0 Å². The van der Waals surface area contributed by atoms with Crippen LogP contribution in [0.25, 0.3) is 0 Å². The molecule has 8 heteroatoms. The lowest BCUT2D eigenvalue weighted by Crippen LogP contribution is -1.75. The molecule has 0 bridgehead atoms. The number of hydrogen-bond donors (Lipinski definition) is 3. The van der Waals surface area contributed by atoms with Gasteiger partial charge >= 0.3 is 16.1 Å². The summed E-state index contributed by atoms with van der Waals surface area (Å²) in [6.07, 6.45) is 0. The lowest BCUT2D eigenvalue weighted by molar-refractivity contribution is 0.273. The minimum atomic E-state index is -4.76. The normalized spacial score (nSPS) is 13.6. The number of phosphoric acid groups is 1. The van der Waals surface area contributed by atoms with E-state index in [4.69, 9.17) is 14.7 Å². The summed E-state index contributed by atoms with van der Waals surface area (Å²) >= 11 is 0. The highest BCUT2D eigenvalue weighted by atomic mass is 31.2. The zero-order valence-corrected chi connectivity index (χ0v) is 5.25. The van der Waals surface area contributed by atoms with Gasteiger partial charge in [0.25, 0.3) is 0 Å². The smallest absolute Gasteiger partial charge is 0.300 e. The fraction of sp³-hybridized carbons (Fsp3) is 0. The molecule has 6 nitrogen and oxygen atoms in total. The molecule has 0 aromatic carbocycles. The Bertz CT molecular complexity index is 129. The first-order chi connectivity index (χ1) is 3.42. The van der Waals surface area contributed by atoms with Crippen molar-refractivity contribution >= 4 is 16.1 Å². The maximum atomic E-state index is 9.57. The van der Waals surface area contributed by atoms with Crippen LogP contribution in [0.1, 0.15) is 0 Å². The Balaban J connectivity index is 3.74. The van der Waals surface area contributed by atoms with E-state index in [0.29, 0.717) is 0 Å². The molecule has 0 amide bonds. The molecule has 0 radical (unpaired) electrons. The van der Waals surface area contributed by atoms with Gasteiger partial charge in [0, 0.05) is 4.57 Å². The molecule has 0 aliphatic heterocycles. The molecule has 0 saturated heterocycles. The van der Waals surface area contributed by atoms with Crippen LogP contribution >= 0.6 is 16.1 Å². The average molecular weight is 161 g/mol. The summed E-state index contributed by atoms with van der Waals surface area (Å²) in [7, 11) is -7.96. The van der Waals surface area contributed by atoms with Crippen molar-refractivity contribution in [2.24, 2.45) is 0 Å². The van der Waals surface area contributed by atoms with Gasteiger partial charge in [-0.25, -0.2) is 4.57 Å². The van der Waals surface area contributed by atoms with Crippen molar-refractivity contribution in [3.05, 3.63) is 0 Å². The Morgan fingerprint density at radius 3 is 1.88 bits per heavy atom.